The van der Waals surface area contributed by atoms with Crippen LogP contribution in [0.1, 0.15) is 17.8 Å². The maximum Gasteiger partial charge on any atom is 0.303 e. The summed E-state index contributed by atoms with van der Waals surface area (Å²) in [7, 11) is 0. The van der Waals surface area contributed by atoms with Gasteiger partial charge in [0.1, 0.15) is 4.70 Å². The fraction of sp³-hybridized carbons (Fsp3) is 0.333. The average Bonchev–Trinajstić information content (AvgIpc) is 2.55. The Kier molecular flexibility index (Phi) is 5.08. The second-order valence-electron chi connectivity index (χ2n) is 3.74. The van der Waals surface area contributed by atoms with Crippen LogP contribution in [0.15, 0.2) is 24.3 Å². The lowest BCUT2D eigenvalue weighted by molar-refractivity contribution is -0.673. The summed E-state index contributed by atoms with van der Waals surface area (Å²) in [5.41, 5.74) is 1.20. The van der Waals surface area contributed by atoms with Gasteiger partial charge < -0.3 is 22.1 Å². The van der Waals surface area contributed by atoms with E-state index in [1.807, 2.05) is 12.1 Å². The molecule has 0 saturated carbocycles. The van der Waals surface area contributed by atoms with Gasteiger partial charge in [-0.25, -0.2) is 0 Å². The molecule has 0 bridgehead atoms. The standard InChI is InChI=1S/C12H13NO2S.BrH/c1-9-13(8-4-7-12(14)15)10-5-2-3-6-11(10)16-9;/h2-3,5-6H,4,7-8H2,1H3;1H. The highest BCUT2D eigenvalue weighted by Crippen LogP contribution is 2.19. The predicted octanol–water partition coefficient (Wildman–Crippen LogP) is -0.634. The minimum atomic E-state index is -0.724. The molecule has 17 heavy (non-hydrogen) atoms. The highest BCUT2D eigenvalue weighted by molar-refractivity contribution is 7.18. The topological polar surface area (TPSA) is 41.2 Å². The zero-order valence-electron chi connectivity index (χ0n) is 9.52. The molecular weight excluding hydrogens is 302 g/mol. The van der Waals surface area contributed by atoms with Crippen LogP contribution in [0.25, 0.3) is 10.2 Å². The first-order valence-corrected chi connectivity index (χ1v) is 6.10. The maximum absolute atomic E-state index is 10.5. The van der Waals surface area contributed by atoms with E-state index in [0.717, 1.165) is 6.54 Å². The SMILES string of the molecule is Cc1sc2ccccc2[n+]1CCCC(=O)O.[Br-]. The number of halogens is 1. The van der Waals surface area contributed by atoms with Gasteiger partial charge in [-0.15, -0.1) is 0 Å². The van der Waals surface area contributed by atoms with Crippen molar-refractivity contribution in [1.29, 1.82) is 0 Å². The fourth-order valence-electron chi connectivity index (χ4n) is 1.82. The lowest BCUT2D eigenvalue weighted by atomic mass is 10.3. The Hall–Kier alpha value is -0.940. The Bertz CT molecular complexity index is 524. The molecule has 0 aliphatic rings. The molecule has 92 valence electrons. The summed E-state index contributed by atoms with van der Waals surface area (Å²) in [6.07, 6.45) is 0.915. The summed E-state index contributed by atoms with van der Waals surface area (Å²) in [6.45, 7) is 2.85. The molecule has 1 heterocycles. The number of hydrogen-bond donors (Lipinski definition) is 1. The number of hydrogen-bond acceptors (Lipinski definition) is 2. The third kappa shape index (κ3) is 3.26. The van der Waals surface area contributed by atoms with Crippen molar-refractivity contribution >= 4 is 27.5 Å². The molecule has 0 fully saturated rings. The first-order chi connectivity index (χ1) is 7.68. The second-order valence-corrected chi connectivity index (χ2v) is 4.97. The van der Waals surface area contributed by atoms with Gasteiger partial charge in [0.15, 0.2) is 6.54 Å². The number of para-hydroxylation sites is 1. The molecule has 0 aliphatic carbocycles. The van der Waals surface area contributed by atoms with Gasteiger partial charge >= 0.3 is 5.97 Å². The van der Waals surface area contributed by atoms with Crippen LogP contribution in [0, 0.1) is 6.92 Å². The van der Waals surface area contributed by atoms with E-state index in [2.05, 4.69) is 23.6 Å². The molecule has 0 unspecified atom stereocenters. The normalized spacial score (nSPS) is 10.2. The Balaban J connectivity index is 0.00000144. The van der Waals surface area contributed by atoms with Crippen molar-refractivity contribution in [2.75, 3.05) is 0 Å². The monoisotopic (exact) mass is 315 g/mol. The van der Waals surface area contributed by atoms with Crippen LogP contribution in [0.3, 0.4) is 0 Å². The number of aromatic nitrogens is 1. The summed E-state index contributed by atoms with van der Waals surface area (Å²) in [5.74, 6) is -0.724. The van der Waals surface area contributed by atoms with E-state index >= 15 is 0 Å². The summed E-state index contributed by atoms with van der Waals surface area (Å²) in [4.78, 5) is 10.5. The third-order valence-electron chi connectivity index (χ3n) is 2.57. The minimum Gasteiger partial charge on any atom is -1.00 e. The largest absolute Gasteiger partial charge is 1.00 e. The Morgan fingerprint density at radius 2 is 2.12 bits per heavy atom. The summed E-state index contributed by atoms with van der Waals surface area (Å²) < 4.78 is 3.46. The van der Waals surface area contributed by atoms with Crippen molar-refractivity contribution in [3.05, 3.63) is 29.3 Å². The highest BCUT2D eigenvalue weighted by Gasteiger charge is 2.16. The first kappa shape index (κ1) is 14.1. The van der Waals surface area contributed by atoms with Gasteiger partial charge in [-0.1, -0.05) is 23.5 Å². The average molecular weight is 316 g/mol. The van der Waals surface area contributed by atoms with E-state index in [1.54, 1.807) is 11.3 Å². The lowest BCUT2D eigenvalue weighted by Gasteiger charge is -1.95. The van der Waals surface area contributed by atoms with Crippen LogP contribution in [0.5, 0.6) is 0 Å². The number of aliphatic carboxylic acids is 1. The third-order valence-corrected chi connectivity index (χ3v) is 3.65. The van der Waals surface area contributed by atoms with E-state index in [4.69, 9.17) is 5.11 Å². The van der Waals surface area contributed by atoms with E-state index in [9.17, 15) is 4.79 Å². The van der Waals surface area contributed by atoms with Gasteiger partial charge in [0.05, 0.1) is 6.42 Å². The quantitative estimate of drug-likeness (QED) is 0.763. The highest BCUT2D eigenvalue weighted by atomic mass is 79.9. The Morgan fingerprint density at radius 1 is 1.41 bits per heavy atom. The van der Waals surface area contributed by atoms with Gasteiger partial charge in [-0.3, -0.25) is 4.79 Å². The van der Waals surface area contributed by atoms with Crippen molar-refractivity contribution in [3.63, 3.8) is 0 Å². The smallest absolute Gasteiger partial charge is 0.303 e. The van der Waals surface area contributed by atoms with Gasteiger partial charge in [-0.2, -0.15) is 4.57 Å². The maximum atomic E-state index is 10.5. The van der Waals surface area contributed by atoms with Crippen molar-refractivity contribution in [1.82, 2.24) is 0 Å². The number of carbonyl (C=O) groups is 1. The first-order valence-electron chi connectivity index (χ1n) is 5.28. The molecule has 1 aromatic carbocycles. The summed E-state index contributed by atoms with van der Waals surface area (Å²) in [5, 5.41) is 9.85. The summed E-state index contributed by atoms with van der Waals surface area (Å²) in [6, 6.07) is 8.22. The number of benzene rings is 1. The molecule has 0 aliphatic heterocycles. The van der Waals surface area contributed by atoms with Crippen molar-refractivity contribution in [2.24, 2.45) is 0 Å². The van der Waals surface area contributed by atoms with E-state index in [1.165, 1.54) is 15.2 Å². The Morgan fingerprint density at radius 3 is 2.82 bits per heavy atom. The molecule has 2 aromatic rings. The zero-order valence-corrected chi connectivity index (χ0v) is 11.9. The van der Waals surface area contributed by atoms with Crippen molar-refractivity contribution in [3.8, 4) is 0 Å². The van der Waals surface area contributed by atoms with E-state index in [0.29, 0.717) is 6.42 Å². The number of thiazole rings is 1. The molecule has 5 heteroatoms. The number of nitrogens with zero attached hydrogens (tertiary/aromatic N) is 1. The molecule has 3 nitrogen and oxygen atoms in total. The Labute approximate surface area is 114 Å². The molecule has 1 N–H and O–H groups in total. The van der Waals surface area contributed by atoms with Crippen molar-refractivity contribution < 1.29 is 31.4 Å². The molecular formula is C12H14BrNO2S. The number of carboxylic acids is 1. The number of rotatable bonds is 4. The number of carboxylic acid groups (broad SMARTS) is 1. The molecule has 0 spiro atoms. The van der Waals surface area contributed by atoms with Gasteiger partial charge in [0, 0.05) is 19.4 Å². The van der Waals surface area contributed by atoms with Crippen LogP contribution in [-0.4, -0.2) is 11.1 Å². The van der Waals surface area contributed by atoms with Crippen LogP contribution < -0.4 is 21.5 Å². The summed E-state index contributed by atoms with van der Waals surface area (Å²) >= 11 is 1.75. The van der Waals surface area contributed by atoms with E-state index < -0.39 is 5.97 Å². The van der Waals surface area contributed by atoms with Gasteiger partial charge in [0.2, 0.25) is 10.5 Å². The van der Waals surface area contributed by atoms with Crippen LogP contribution >= 0.6 is 11.3 Å². The molecule has 0 radical (unpaired) electrons. The number of fused-ring (bicyclic) bond motifs is 1. The molecule has 0 amide bonds. The van der Waals surface area contributed by atoms with Crippen LogP contribution in [0.2, 0.25) is 0 Å². The second kappa shape index (κ2) is 6.12. The lowest BCUT2D eigenvalue weighted by Crippen LogP contribution is -3.00. The molecule has 1 aromatic heterocycles. The minimum absolute atomic E-state index is 0. The van der Waals surface area contributed by atoms with Gasteiger partial charge in [0.25, 0.3) is 0 Å². The fourth-order valence-corrected chi connectivity index (χ4v) is 2.86. The molecule has 0 saturated heterocycles. The van der Waals surface area contributed by atoms with Crippen LogP contribution in [-0.2, 0) is 11.3 Å². The predicted molar refractivity (Wildman–Crippen MR) is 63.6 cm³/mol. The van der Waals surface area contributed by atoms with Crippen LogP contribution in [0.4, 0.5) is 0 Å². The molecule has 0 atom stereocenters. The van der Waals surface area contributed by atoms with E-state index in [-0.39, 0.29) is 23.4 Å². The zero-order chi connectivity index (χ0) is 11.5. The van der Waals surface area contributed by atoms with Gasteiger partial charge in [-0.05, 0) is 6.07 Å². The molecule has 2 rings (SSSR count). The number of aryl methyl sites for hydroxylation is 2. The van der Waals surface area contributed by atoms with Crippen molar-refractivity contribution in [2.45, 2.75) is 26.3 Å².